The minimum absolute atomic E-state index is 0.0124. The number of hydrogen-bond acceptors (Lipinski definition) is 4. The molecular formula is C23H19Cl2N3O3. The van der Waals surface area contributed by atoms with Crippen molar-refractivity contribution in [2.45, 2.75) is 18.9 Å². The summed E-state index contributed by atoms with van der Waals surface area (Å²) < 4.78 is 0. The molecule has 2 aromatic carbocycles. The predicted molar refractivity (Wildman–Crippen MR) is 119 cm³/mol. The number of nitrogens with zero attached hydrogens (tertiary/aromatic N) is 2. The lowest BCUT2D eigenvalue weighted by Gasteiger charge is -2.26. The molecule has 8 heteroatoms. The van der Waals surface area contributed by atoms with Gasteiger partial charge in [0, 0.05) is 41.0 Å². The lowest BCUT2D eigenvalue weighted by molar-refractivity contribution is -0.139. The van der Waals surface area contributed by atoms with Gasteiger partial charge in [0.05, 0.1) is 11.6 Å². The first-order valence-electron chi connectivity index (χ1n) is 9.74. The van der Waals surface area contributed by atoms with Crippen LogP contribution in [0, 0.1) is 0 Å². The molecule has 0 aliphatic carbocycles. The van der Waals surface area contributed by atoms with E-state index < -0.39 is 17.7 Å². The molecule has 0 radical (unpaired) electrons. The molecule has 1 fully saturated rings. The third kappa shape index (κ3) is 4.22. The van der Waals surface area contributed by atoms with Crippen molar-refractivity contribution in [3.63, 3.8) is 0 Å². The highest BCUT2D eigenvalue weighted by Gasteiger charge is 2.46. The number of H-pyrrole nitrogens is 1. The molecule has 31 heavy (non-hydrogen) atoms. The van der Waals surface area contributed by atoms with Gasteiger partial charge < -0.3 is 15.0 Å². The van der Waals surface area contributed by atoms with Crippen molar-refractivity contribution in [1.82, 2.24) is 14.9 Å². The molecule has 2 heterocycles. The summed E-state index contributed by atoms with van der Waals surface area (Å²) in [5.74, 6) is -0.853. The monoisotopic (exact) mass is 455 g/mol. The van der Waals surface area contributed by atoms with E-state index in [4.69, 9.17) is 23.2 Å². The quantitative estimate of drug-likeness (QED) is 0.318. The zero-order chi connectivity index (χ0) is 22.0. The highest BCUT2D eigenvalue weighted by Crippen LogP contribution is 2.42. The summed E-state index contributed by atoms with van der Waals surface area (Å²) in [7, 11) is 0. The van der Waals surface area contributed by atoms with Crippen LogP contribution in [-0.4, -0.2) is 38.2 Å². The number of nitrogens with one attached hydrogen (secondary N) is 1. The van der Waals surface area contributed by atoms with Gasteiger partial charge in [-0.3, -0.25) is 9.59 Å². The second-order valence-corrected chi connectivity index (χ2v) is 8.01. The summed E-state index contributed by atoms with van der Waals surface area (Å²) in [5, 5.41) is 11.7. The number of aliphatic hydroxyl groups is 1. The number of carbonyl (C=O) groups excluding carboxylic acids is 2. The molecule has 2 N–H and O–H groups in total. The van der Waals surface area contributed by atoms with E-state index in [0.29, 0.717) is 40.6 Å². The van der Waals surface area contributed by atoms with E-state index in [0.717, 1.165) is 5.82 Å². The number of halogens is 2. The number of imidazole rings is 1. The van der Waals surface area contributed by atoms with Gasteiger partial charge >= 0.3 is 0 Å². The highest BCUT2D eigenvalue weighted by atomic mass is 35.5. The summed E-state index contributed by atoms with van der Waals surface area (Å²) in [5.41, 5.74) is 0.991. The minimum atomic E-state index is -0.818. The fourth-order valence-corrected chi connectivity index (χ4v) is 4.27. The maximum Gasteiger partial charge on any atom is 0.295 e. The largest absolute Gasteiger partial charge is 0.507 e. The Morgan fingerprint density at radius 1 is 1.13 bits per heavy atom. The van der Waals surface area contributed by atoms with Gasteiger partial charge in [0.25, 0.3) is 11.7 Å². The van der Waals surface area contributed by atoms with E-state index in [2.05, 4.69) is 9.97 Å². The highest BCUT2D eigenvalue weighted by molar-refractivity contribution is 6.47. The molecule has 1 aliphatic heterocycles. The maximum absolute atomic E-state index is 13.0. The predicted octanol–water partition coefficient (Wildman–Crippen LogP) is 4.77. The second-order valence-electron chi connectivity index (χ2n) is 7.16. The molecule has 1 atom stereocenters. The Kier molecular flexibility index (Phi) is 6.11. The van der Waals surface area contributed by atoms with E-state index >= 15 is 0 Å². The topological polar surface area (TPSA) is 86.3 Å². The van der Waals surface area contributed by atoms with Gasteiger partial charge in [-0.05, 0) is 24.1 Å². The number of aliphatic hydroxyl groups excluding tert-OH is 1. The molecule has 6 nitrogen and oxygen atoms in total. The Morgan fingerprint density at radius 3 is 2.58 bits per heavy atom. The average molecular weight is 456 g/mol. The Hall–Kier alpha value is -3.09. The van der Waals surface area contributed by atoms with Crippen LogP contribution in [0.4, 0.5) is 0 Å². The lowest BCUT2D eigenvalue weighted by Crippen LogP contribution is -2.31. The van der Waals surface area contributed by atoms with Gasteiger partial charge in [0.15, 0.2) is 0 Å². The lowest BCUT2D eigenvalue weighted by atomic mass is 9.95. The van der Waals surface area contributed by atoms with Gasteiger partial charge in [-0.15, -0.1) is 0 Å². The molecule has 1 amide bonds. The Bertz CT molecular complexity index is 1140. The first-order valence-corrected chi connectivity index (χ1v) is 10.5. The summed E-state index contributed by atoms with van der Waals surface area (Å²) in [6, 6.07) is 12.7. The third-order valence-electron chi connectivity index (χ3n) is 5.21. The van der Waals surface area contributed by atoms with E-state index in [9.17, 15) is 14.7 Å². The number of Topliss-reactive ketones (excluding diaryl/α,β-unsaturated/α-hetero) is 1. The Morgan fingerprint density at radius 2 is 1.90 bits per heavy atom. The van der Waals surface area contributed by atoms with Crippen LogP contribution in [0.1, 0.15) is 29.4 Å². The molecule has 1 aliphatic rings. The zero-order valence-electron chi connectivity index (χ0n) is 16.4. The number of aromatic amines is 1. The molecule has 1 aromatic heterocycles. The molecule has 0 spiro atoms. The van der Waals surface area contributed by atoms with Crippen molar-refractivity contribution < 1.29 is 14.7 Å². The van der Waals surface area contributed by atoms with Crippen LogP contribution in [-0.2, 0) is 16.0 Å². The van der Waals surface area contributed by atoms with Crippen LogP contribution < -0.4 is 0 Å². The van der Waals surface area contributed by atoms with Crippen molar-refractivity contribution in [1.29, 1.82) is 0 Å². The molecule has 3 aromatic rings. The number of benzene rings is 2. The van der Waals surface area contributed by atoms with Crippen molar-refractivity contribution in [3.05, 3.63) is 93.5 Å². The number of rotatable bonds is 6. The first kappa shape index (κ1) is 21.2. The maximum atomic E-state index is 13.0. The number of aromatic nitrogens is 2. The fourth-order valence-electron chi connectivity index (χ4n) is 3.76. The zero-order valence-corrected chi connectivity index (χ0v) is 17.9. The molecular weight excluding hydrogens is 437 g/mol. The Balaban J connectivity index is 1.76. The average Bonchev–Trinajstić information content (AvgIpc) is 3.36. The molecule has 1 saturated heterocycles. The number of ketones is 1. The molecule has 158 valence electrons. The van der Waals surface area contributed by atoms with Crippen LogP contribution in [0.2, 0.25) is 10.0 Å². The summed E-state index contributed by atoms with van der Waals surface area (Å²) in [6.45, 7) is 0.292. The van der Waals surface area contributed by atoms with Crippen molar-refractivity contribution in [2.24, 2.45) is 0 Å². The molecule has 4 rings (SSSR count). The number of aryl methyl sites for hydroxylation is 1. The minimum Gasteiger partial charge on any atom is -0.507 e. The van der Waals surface area contributed by atoms with Crippen LogP contribution in [0.3, 0.4) is 0 Å². The second kappa shape index (κ2) is 8.96. The van der Waals surface area contributed by atoms with Crippen molar-refractivity contribution in [3.8, 4) is 0 Å². The molecule has 0 bridgehead atoms. The first-order chi connectivity index (χ1) is 15.0. The third-order valence-corrected chi connectivity index (χ3v) is 5.77. The van der Waals surface area contributed by atoms with Gasteiger partial charge in [0.1, 0.15) is 11.6 Å². The van der Waals surface area contributed by atoms with Crippen LogP contribution in [0.5, 0.6) is 0 Å². The van der Waals surface area contributed by atoms with Crippen LogP contribution in [0.15, 0.2) is 66.5 Å². The Labute approximate surface area is 189 Å². The standard InChI is InChI=1S/C23H19Cl2N3O3/c24-15-8-9-16(17(25)13-15)20-19(21(29)14-5-2-1-3-6-14)22(30)23(31)28(20)12-4-7-18-26-10-11-27-18/h1-3,5-6,8-11,13,20,29H,4,7,12H2,(H,26,27)/b21-19+. The van der Waals surface area contributed by atoms with Crippen molar-refractivity contribution in [2.75, 3.05) is 6.54 Å². The van der Waals surface area contributed by atoms with Gasteiger partial charge in [-0.25, -0.2) is 4.98 Å². The van der Waals surface area contributed by atoms with Crippen LogP contribution >= 0.6 is 23.2 Å². The van der Waals surface area contributed by atoms with Gasteiger partial charge in [-0.2, -0.15) is 0 Å². The van der Waals surface area contributed by atoms with E-state index in [-0.39, 0.29) is 11.3 Å². The summed E-state index contributed by atoms with van der Waals surface area (Å²) >= 11 is 12.5. The van der Waals surface area contributed by atoms with Gasteiger partial charge in [0.2, 0.25) is 0 Å². The number of hydrogen-bond donors (Lipinski definition) is 2. The van der Waals surface area contributed by atoms with E-state index in [1.807, 2.05) is 0 Å². The normalized spacial score (nSPS) is 18.0. The van der Waals surface area contributed by atoms with E-state index in [1.165, 1.54) is 4.90 Å². The molecule has 1 unspecified atom stereocenters. The van der Waals surface area contributed by atoms with Gasteiger partial charge in [-0.1, -0.05) is 59.6 Å². The number of carbonyl (C=O) groups is 2. The number of amides is 1. The van der Waals surface area contributed by atoms with Crippen molar-refractivity contribution >= 4 is 40.7 Å². The van der Waals surface area contributed by atoms with E-state index in [1.54, 1.807) is 60.9 Å². The molecule has 0 saturated carbocycles. The SMILES string of the molecule is O=C1C(=O)N(CCCc2ncc[nH]2)C(c2ccc(Cl)cc2Cl)/C1=C(\O)c1ccccc1. The summed E-state index contributed by atoms with van der Waals surface area (Å²) in [6.07, 6.45) is 4.58. The fraction of sp³-hybridized carbons (Fsp3) is 0.174. The summed E-state index contributed by atoms with van der Waals surface area (Å²) in [4.78, 5) is 34.6. The number of likely N-dealkylation sites (tertiary alicyclic amines) is 1. The smallest absolute Gasteiger partial charge is 0.295 e. The van der Waals surface area contributed by atoms with Crippen LogP contribution in [0.25, 0.3) is 5.76 Å².